The largest absolute Gasteiger partial charge is 0.507 e. The van der Waals surface area contributed by atoms with Crippen LogP contribution in [0.15, 0.2) is 66.9 Å². The molecule has 35 heavy (non-hydrogen) atoms. The number of hydrogen-bond acceptors (Lipinski definition) is 6. The Kier molecular flexibility index (Phi) is 6.33. The van der Waals surface area contributed by atoms with Crippen molar-refractivity contribution in [1.29, 1.82) is 0 Å². The Morgan fingerprint density at radius 3 is 2.34 bits per heavy atom. The maximum Gasteiger partial charge on any atom is 0.413 e. The minimum atomic E-state index is -0.755. The van der Waals surface area contributed by atoms with Crippen molar-refractivity contribution in [2.24, 2.45) is 0 Å². The summed E-state index contributed by atoms with van der Waals surface area (Å²) in [6.45, 7) is 5.21. The number of phenolic OH excluding ortho intramolecular Hbond substituents is 1. The zero-order chi connectivity index (χ0) is 25.2. The highest BCUT2D eigenvalue weighted by Gasteiger charge is 2.27. The van der Waals surface area contributed by atoms with Gasteiger partial charge in [0, 0.05) is 23.0 Å². The summed E-state index contributed by atoms with van der Waals surface area (Å²) in [4.78, 5) is 25.9. The molecule has 3 N–H and O–H groups in total. The van der Waals surface area contributed by atoms with Gasteiger partial charge in [0.25, 0.3) is 5.91 Å². The fourth-order valence-electron chi connectivity index (χ4n) is 3.58. The van der Waals surface area contributed by atoms with Crippen LogP contribution in [0.3, 0.4) is 0 Å². The Morgan fingerprint density at radius 1 is 1.00 bits per heavy atom. The molecule has 180 valence electrons. The van der Waals surface area contributed by atoms with Crippen molar-refractivity contribution in [2.45, 2.75) is 26.4 Å². The lowest BCUT2D eigenvalue weighted by Crippen LogP contribution is -2.28. The molecule has 2 amide bonds. The topological polar surface area (TPSA) is 114 Å². The molecule has 4 aromatic rings. The quantitative estimate of drug-likeness (QED) is 0.361. The molecular formula is C26H26N4O5. The fourth-order valence-corrected chi connectivity index (χ4v) is 3.58. The summed E-state index contributed by atoms with van der Waals surface area (Å²) >= 11 is 0. The molecule has 0 atom stereocenters. The molecule has 9 heteroatoms. The molecule has 0 unspecified atom stereocenters. The number of aromatic nitrogens is 2. The highest BCUT2D eigenvalue weighted by atomic mass is 16.6. The van der Waals surface area contributed by atoms with Gasteiger partial charge in [0.1, 0.15) is 28.2 Å². The number of rotatable bonds is 5. The van der Waals surface area contributed by atoms with Gasteiger partial charge in [-0.05, 0) is 45.0 Å². The number of ether oxygens (including phenoxy) is 2. The van der Waals surface area contributed by atoms with E-state index in [1.54, 1.807) is 81.6 Å². The zero-order valence-corrected chi connectivity index (χ0v) is 19.8. The van der Waals surface area contributed by atoms with Gasteiger partial charge in [0.05, 0.1) is 7.11 Å². The molecule has 2 heterocycles. The van der Waals surface area contributed by atoms with Crippen molar-refractivity contribution in [1.82, 2.24) is 9.61 Å². The first-order chi connectivity index (χ1) is 16.7. The van der Waals surface area contributed by atoms with Crippen LogP contribution in [0, 0.1) is 0 Å². The fraction of sp³-hybridized carbons (Fsp3) is 0.192. The van der Waals surface area contributed by atoms with Crippen molar-refractivity contribution in [3.8, 4) is 22.6 Å². The van der Waals surface area contributed by atoms with Crippen LogP contribution in [-0.2, 0) is 4.74 Å². The third kappa shape index (κ3) is 5.19. The molecule has 0 fully saturated rings. The molecule has 0 saturated carbocycles. The van der Waals surface area contributed by atoms with Gasteiger partial charge >= 0.3 is 6.09 Å². The lowest BCUT2D eigenvalue weighted by Gasteiger charge is -2.19. The van der Waals surface area contributed by atoms with E-state index in [2.05, 4.69) is 15.7 Å². The maximum atomic E-state index is 13.4. The number of para-hydroxylation sites is 2. The van der Waals surface area contributed by atoms with Crippen molar-refractivity contribution in [2.75, 3.05) is 17.7 Å². The number of nitrogens with zero attached hydrogens (tertiary/aromatic N) is 2. The lowest BCUT2D eigenvalue weighted by atomic mass is 10.1. The Labute approximate surface area is 202 Å². The van der Waals surface area contributed by atoms with Gasteiger partial charge in [0.2, 0.25) is 0 Å². The van der Waals surface area contributed by atoms with Crippen molar-refractivity contribution >= 4 is 29.0 Å². The van der Waals surface area contributed by atoms with E-state index in [-0.39, 0.29) is 17.1 Å². The summed E-state index contributed by atoms with van der Waals surface area (Å²) in [5, 5.41) is 20.2. The standard InChI is InChI=1S/C26H26N4O5/c1-26(2,3)35-25(33)28-23-21(24(32)27-17-10-6-5-7-11-17)22-20(34-4)14-16(15-30(22)29-23)18-12-8-9-13-19(18)31/h5-15,31H,1-4H3,(H,27,32)(H,28,29,33). The van der Waals surface area contributed by atoms with E-state index in [4.69, 9.17) is 9.47 Å². The minimum Gasteiger partial charge on any atom is -0.507 e. The number of amides is 2. The van der Waals surface area contributed by atoms with Crippen LogP contribution in [0.1, 0.15) is 31.1 Å². The Hall–Kier alpha value is -4.53. The first-order valence-electron chi connectivity index (χ1n) is 10.9. The number of fused-ring (bicyclic) bond motifs is 1. The molecule has 0 bridgehead atoms. The molecular weight excluding hydrogens is 448 g/mol. The van der Waals surface area contributed by atoms with E-state index in [9.17, 15) is 14.7 Å². The van der Waals surface area contributed by atoms with Crippen molar-refractivity contribution in [3.05, 3.63) is 72.4 Å². The molecule has 0 spiro atoms. The lowest BCUT2D eigenvalue weighted by molar-refractivity contribution is 0.0635. The third-order valence-corrected chi connectivity index (χ3v) is 5.00. The SMILES string of the molecule is COc1cc(-c2ccccc2O)cn2nc(NC(=O)OC(C)(C)C)c(C(=O)Nc3ccccc3)c12. The maximum absolute atomic E-state index is 13.4. The van der Waals surface area contributed by atoms with E-state index >= 15 is 0 Å². The molecule has 2 aromatic heterocycles. The average molecular weight is 475 g/mol. The zero-order valence-electron chi connectivity index (χ0n) is 19.8. The number of methoxy groups -OCH3 is 1. The molecule has 0 aliphatic carbocycles. The Bertz CT molecular complexity index is 1390. The average Bonchev–Trinajstić information content (AvgIpc) is 3.15. The smallest absolute Gasteiger partial charge is 0.413 e. The van der Waals surface area contributed by atoms with Gasteiger partial charge in [-0.25, -0.2) is 9.31 Å². The number of aromatic hydroxyl groups is 1. The molecule has 9 nitrogen and oxygen atoms in total. The van der Waals surface area contributed by atoms with Gasteiger partial charge in [0.15, 0.2) is 5.82 Å². The molecule has 0 aliphatic heterocycles. The number of anilines is 2. The third-order valence-electron chi connectivity index (χ3n) is 5.00. The second-order valence-electron chi connectivity index (χ2n) is 8.78. The first kappa shape index (κ1) is 23.6. The van der Waals surface area contributed by atoms with Crippen LogP contribution >= 0.6 is 0 Å². The van der Waals surface area contributed by atoms with E-state index in [0.29, 0.717) is 28.1 Å². The molecule has 0 saturated heterocycles. The molecule has 2 aromatic carbocycles. The van der Waals surface area contributed by atoms with Gasteiger partial charge in [-0.3, -0.25) is 10.1 Å². The van der Waals surface area contributed by atoms with Crippen LogP contribution in [0.2, 0.25) is 0 Å². The number of benzene rings is 2. The first-order valence-corrected chi connectivity index (χ1v) is 10.9. The van der Waals surface area contributed by atoms with Gasteiger partial charge in [-0.15, -0.1) is 5.10 Å². The number of pyridine rings is 1. The van der Waals surface area contributed by atoms with Gasteiger partial charge in [-0.1, -0.05) is 36.4 Å². The van der Waals surface area contributed by atoms with E-state index in [1.165, 1.54) is 11.6 Å². The number of carbonyl (C=O) groups excluding carboxylic acids is 2. The summed E-state index contributed by atoms with van der Waals surface area (Å²) in [6, 6.07) is 17.5. The van der Waals surface area contributed by atoms with Gasteiger partial charge < -0.3 is 19.9 Å². The van der Waals surface area contributed by atoms with E-state index < -0.39 is 17.6 Å². The van der Waals surface area contributed by atoms with E-state index in [0.717, 1.165) is 0 Å². The van der Waals surface area contributed by atoms with Crippen LogP contribution in [0.5, 0.6) is 11.5 Å². The van der Waals surface area contributed by atoms with Crippen LogP contribution in [0.25, 0.3) is 16.6 Å². The number of hydrogen-bond donors (Lipinski definition) is 3. The molecule has 0 aliphatic rings. The Morgan fingerprint density at radius 2 is 1.69 bits per heavy atom. The van der Waals surface area contributed by atoms with Crippen LogP contribution in [-0.4, -0.2) is 39.4 Å². The number of phenols is 1. The molecule has 4 rings (SSSR count). The normalized spacial score (nSPS) is 11.2. The van der Waals surface area contributed by atoms with E-state index in [1.807, 2.05) is 6.07 Å². The second kappa shape index (κ2) is 9.38. The summed E-state index contributed by atoms with van der Waals surface area (Å²) in [7, 11) is 1.47. The van der Waals surface area contributed by atoms with Crippen molar-refractivity contribution in [3.63, 3.8) is 0 Å². The van der Waals surface area contributed by atoms with Crippen LogP contribution < -0.4 is 15.4 Å². The minimum absolute atomic E-state index is 0.000384. The monoisotopic (exact) mass is 474 g/mol. The predicted octanol–water partition coefficient (Wildman–Crippen LogP) is 5.31. The molecule has 0 radical (unpaired) electrons. The second-order valence-corrected chi connectivity index (χ2v) is 8.78. The summed E-state index contributed by atoms with van der Waals surface area (Å²) in [5.41, 5.74) is 1.43. The summed E-state index contributed by atoms with van der Waals surface area (Å²) in [6.07, 6.45) is 0.890. The van der Waals surface area contributed by atoms with Crippen LogP contribution in [0.4, 0.5) is 16.3 Å². The summed E-state index contributed by atoms with van der Waals surface area (Å²) < 4.78 is 12.4. The highest BCUT2D eigenvalue weighted by molar-refractivity contribution is 6.14. The summed E-state index contributed by atoms with van der Waals surface area (Å²) in [5.74, 6) is -0.0878. The number of nitrogens with one attached hydrogen (secondary N) is 2. The highest BCUT2D eigenvalue weighted by Crippen LogP contribution is 2.36. The Balaban J connectivity index is 1.86. The van der Waals surface area contributed by atoms with Gasteiger partial charge in [-0.2, -0.15) is 0 Å². The predicted molar refractivity (Wildman–Crippen MR) is 133 cm³/mol. The van der Waals surface area contributed by atoms with Crippen molar-refractivity contribution < 1.29 is 24.2 Å². The number of carbonyl (C=O) groups is 2.